The Labute approximate surface area is 112 Å². The van der Waals surface area contributed by atoms with Crippen LogP contribution < -0.4 is 0 Å². The lowest BCUT2D eigenvalue weighted by molar-refractivity contribution is 0.204. The van der Waals surface area contributed by atoms with E-state index in [2.05, 4.69) is 21.0 Å². The second-order valence-corrected chi connectivity index (χ2v) is 4.97. The smallest absolute Gasteiger partial charge is 0.0882 e. The molecular formula is C14H18N4O. The van der Waals surface area contributed by atoms with E-state index < -0.39 is 0 Å². The van der Waals surface area contributed by atoms with Crippen molar-refractivity contribution in [2.75, 3.05) is 6.54 Å². The number of pyridine rings is 1. The second kappa shape index (κ2) is 5.11. The second-order valence-electron chi connectivity index (χ2n) is 4.97. The van der Waals surface area contributed by atoms with Crippen LogP contribution in [0.2, 0.25) is 0 Å². The minimum atomic E-state index is 0.0156. The highest BCUT2D eigenvalue weighted by molar-refractivity contribution is 5.19. The van der Waals surface area contributed by atoms with Gasteiger partial charge in [-0.15, -0.1) is 0 Å². The van der Waals surface area contributed by atoms with E-state index in [9.17, 15) is 0 Å². The van der Waals surface area contributed by atoms with Crippen LogP contribution in [0.1, 0.15) is 22.6 Å². The topological polar surface area (TPSA) is 54.2 Å². The summed E-state index contributed by atoms with van der Waals surface area (Å²) in [7, 11) is 0. The van der Waals surface area contributed by atoms with Crippen molar-refractivity contribution in [3.8, 4) is 0 Å². The lowest BCUT2D eigenvalue weighted by Crippen LogP contribution is -2.33. The largest absolute Gasteiger partial charge is 0.390 e. The van der Waals surface area contributed by atoms with Crippen LogP contribution in [0, 0.1) is 6.92 Å². The molecular weight excluding hydrogens is 240 g/mol. The van der Waals surface area contributed by atoms with Gasteiger partial charge in [0.05, 0.1) is 24.5 Å². The summed E-state index contributed by atoms with van der Waals surface area (Å²) in [5, 5.41) is 13.5. The van der Waals surface area contributed by atoms with Crippen molar-refractivity contribution in [3.05, 3.63) is 47.0 Å². The van der Waals surface area contributed by atoms with Crippen LogP contribution in [-0.4, -0.2) is 31.3 Å². The number of fused-ring (bicyclic) bond motifs is 1. The van der Waals surface area contributed by atoms with Gasteiger partial charge in [0.15, 0.2) is 0 Å². The Kier molecular flexibility index (Phi) is 3.31. The molecule has 0 fully saturated rings. The third-order valence-electron chi connectivity index (χ3n) is 3.60. The van der Waals surface area contributed by atoms with Gasteiger partial charge in [0, 0.05) is 31.5 Å². The van der Waals surface area contributed by atoms with Gasteiger partial charge in [0.25, 0.3) is 0 Å². The summed E-state index contributed by atoms with van der Waals surface area (Å²) in [6.45, 7) is 5.72. The van der Waals surface area contributed by atoms with Gasteiger partial charge in [-0.2, -0.15) is 5.10 Å². The molecule has 19 heavy (non-hydrogen) atoms. The summed E-state index contributed by atoms with van der Waals surface area (Å²) in [6.07, 6.45) is 1.83. The molecule has 1 N–H and O–H groups in total. The average molecular weight is 258 g/mol. The summed E-state index contributed by atoms with van der Waals surface area (Å²) in [5.41, 5.74) is 4.31. The van der Waals surface area contributed by atoms with E-state index in [1.165, 1.54) is 11.3 Å². The molecule has 0 spiro atoms. The van der Waals surface area contributed by atoms with E-state index in [0.29, 0.717) is 0 Å². The highest BCUT2D eigenvalue weighted by Gasteiger charge is 2.18. The van der Waals surface area contributed by atoms with Crippen LogP contribution >= 0.6 is 0 Å². The molecule has 0 bridgehead atoms. The molecule has 5 heteroatoms. The van der Waals surface area contributed by atoms with Gasteiger partial charge in [0.1, 0.15) is 0 Å². The Balaban J connectivity index is 1.73. The van der Waals surface area contributed by atoms with Gasteiger partial charge in [-0.3, -0.25) is 14.6 Å². The van der Waals surface area contributed by atoms with Gasteiger partial charge in [0.2, 0.25) is 0 Å². The minimum absolute atomic E-state index is 0.0156. The third-order valence-corrected chi connectivity index (χ3v) is 3.60. The Bertz CT molecular complexity index is 579. The van der Waals surface area contributed by atoms with Crippen LogP contribution in [0.5, 0.6) is 0 Å². The Morgan fingerprint density at radius 2 is 2.26 bits per heavy atom. The van der Waals surface area contributed by atoms with E-state index in [0.717, 1.165) is 37.6 Å². The van der Waals surface area contributed by atoms with Gasteiger partial charge < -0.3 is 5.11 Å². The number of aliphatic hydroxyl groups is 1. The molecule has 0 amide bonds. The molecule has 100 valence electrons. The Hall–Kier alpha value is -1.72. The van der Waals surface area contributed by atoms with Crippen LogP contribution in [0.15, 0.2) is 24.4 Å². The molecule has 1 aliphatic rings. The first-order valence-electron chi connectivity index (χ1n) is 6.55. The van der Waals surface area contributed by atoms with E-state index in [-0.39, 0.29) is 6.61 Å². The first-order valence-corrected chi connectivity index (χ1v) is 6.55. The summed E-state index contributed by atoms with van der Waals surface area (Å²) in [6, 6.07) is 6.11. The summed E-state index contributed by atoms with van der Waals surface area (Å²) < 4.78 is 2.00. The number of aryl methyl sites for hydroxylation is 1. The van der Waals surface area contributed by atoms with E-state index >= 15 is 0 Å². The van der Waals surface area contributed by atoms with Crippen molar-refractivity contribution in [2.45, 2.75) is 33.2 Å². The number of nitrogens with zero attached hydrogens (tertiary/aromatic N) is 4. The average Bonchev–Trinajstić information content (AvgIpc) is 2.83. The van der Waals surface area contributed by atoms with E-state index in [4.69, 9.17) is 5.11 Å². The summed E-state index contributed by atoms with van der Waals surface area (Å²) in [5.74, 6) is 0. The first-order chi connectivity index (χ1) is 9.26. The van der Waals surface area contributed by atoms with Crippen LogP contribution in [-0.2, 0) is 26.2 Å². The number of aliphatic hydroxyl groups excluding tert-OH is 1. The lowest BCUT2D eigenvalue weighted by Gasteiger charge is -2.27. The van der Waals surface area contributed by atoms with Gasteiger partial charge >= 0.3 is 0 Å². The van der Waals surface area contributed by atoms with E-state index in [1.54, 1.807) is 0 Å². The van der Waals surface area contributed by atoms with Gasteiger partial charge in [-0.1, -0.05) is 6.07 Å². The zero-order valence-electron chi connectivity index (χ0n) is 11.1. The predicted octanol–water partition coefficient (Wildman–Crippen LogP) is 1.09. The number of hydrogen-bond donors (Lipinski definition) is 1. The first kappa shape index (κ1) is 12.3. The van der Waals surface area contributed by atoms with Crippen molar-refractivity contribution in [1.82, 2.24) is 19.7 Å². The maximum atomic E-state index is 9.13. The normalized spacial score (nSPS) is 15.5. The SMILES string of the molecule is Cc1ncccc1CN1CCn2nc(CO)cc2C1. The Morgan fingerprint density at radius 3 is 3.05 bits per heavy atom. The molecule has 3 rings (SSSR count). The standard InChI is InChI=1S/C14H18N4O/c1-11-12(3-2-4-15-11)8-17-5-6-18-14(9-17)7-13(10-19)16-18/h2-4,7,19H,5-6,8-10H2,1H3. The fourth-order valence-corrected chi connectivity index (χ4v) is 2.52. The van der Waals surface area contributed by atoms with Crippen LogP contribution in [0.4, 0.5) is 0 Å². The summed E-state index contributed by atoms with van der Waals surface area (Å²) in [4.78, 5) is 6.72. The highest BCUT2D eigenvalue weighted by Crippen LogP contribution is 2.17. The Morgan fingerprint density at radius 1 is 1.37 bits per heavy atom. The number of rotatable bonds is 3. The van der Waals surface area contributed by atoms with Crippen molar-refractivity contribution in [1.29, 1.82) is 0 Å². The number of aromatic nitrogens is 3. The summed E-state index contributed by atoms with van der Waals surface area (Å²) >= 11 is 0. The third kappa shape index (κ3) is 2.52. The molecule has 3 heterocycles. The molecule has 2 aromatic heterocycles. The molecule has 0 aliphatic carbocycles. The van der Waals surface area contributed by atoms with E-state index in [1.807, 2.05) is 29.9 Å². The molecule has 1 aliphatic heterocycles. The highest BCUT2D eigenvalue weighted by atomic mass is 16.3. The van der Waals surface area contributed by atoms with Gasteiger partial charge in [-0.25, -0.2) is 0 Å². The lowest BCUT2D eigenvalue weighted by atomic mass is 10.1. The van der Waals surface area contributed by atoms with Crippen molar-refractivity contribution >= 4 is 0 Å². The molecule has 0 unspecified atom stereocenters. The fourth-order valence-electron chi connectivity index (χ4n) is 2.52. The maximum absolute atomic E-state index is 9.13. The fraction of sp³-hybridized carbons (Fsp3) is 0.429. The minimum Gasteiger partial charge on any atom is -0.390 e. The van der Waals surface area contributed by atoms with Crippen LogP contribution in [0.25, 0.3) is 0 Å². The van der Waals surface area contributed by atoms with Crippen molar-refractivity contribution in [3.63, 3.8) is 0 Å². The molecule has 0 atom stereocenters. The zero-order chi connectivity index (χ0) is 13.2. The molecule has 2 aromatic rings. The molecule has 5 nitrogen and oxygen atoms in total. The quantitative estimate of drug-likeness (QED) is 0.895. The molecule has 0 aromatic carbocycles. The zero-order valence-corrected chi connectivity index (χ0v) is 11.1. The van der Waals surface area contributed by atoms with Crippen LogP contribution in [0.3, 0.4) is 0 Å². The van der Waals surface area contributed by atoms with Crippen molar-refractivity contribution < 1.29 is 5.11 Å². The van der Waals surface area contributed by atoms with Gasteiger partial charge in [-0.05, 0) is 24.6 Å². The predicted molar refractivity (Wildman–Crippen MR) is 71.2 cm³/mol. The molecule has 0 saturated carbocycles. The number of hydrogen-bond acceptors (Lipinski definition) is 4. The maximum Gasteiger partial charge on any atom is 0.0882 e. The molecule has 0 saturated heterocycles. The molecule has 0 radical (unpaired) electrons. The van der Waals surface area contributed by atoms with Crippen molar-refractivity contribution in [2.24, 2.45) is 0 Å². The monoisotopic (exact) mass is 258 g/mol.